The van der Waals surface area contributed by atoms with Crippen LogP contribution in [0.3, 0.4) is 0 Å². The first-order valence-corrected chi connectivity index (χ1v) is 8.90. The first-order valence-electron chi connectivity index (χ1n) is 8.90. The van der Waals surface area contributed by atoms with Gasteiger partial charge in [-0.1, -0.05) is 32.0 Å². The Kier molecular flexibility index (Phi) is 7.09. The number of ether oxygens (including phenoxy) is 1. The number of hydrogen-bond acceptors (Lipinski definition) is 3. The molecule has 0 atom stereocenters. The van der Waals surface area contributed by atoms with Gasteiger partial charge in [-0.3, -0.25) is 9.59 Å². The van der Waals surface area contributed by atoms with Gasteiger partial charge in [-0.05, 0) is 31.4 Å². The fourth-order valence-electron chi connectivity index (χ4n) is 3.04. The lowest BCUT2D eigenvalue weighted by atomic mass is 10.0. The van der Waals surface area contributed by atoms with E-state index >= 15 is 0 Å². The van der Waals surface area contributed by atoms with Gasteiger partial charge in [-0.25, -0.2) is 0 Å². The van der Waals surface area contributed by atoms with E-state index in [4.69, 9.17) is 4.74 Å². The van der Waals surface area contributed by atoms with E-state index in [2.05, 4.69) is 13.8 Å². The smallest absolute Gasteiger partial charge is 0.260 e. The summed E-state index contributed by atoms with van der Waals surface area (Å²) >= 11 is 0. The van der Waals surface area contributed by atoms with Crippen LogP contribution in [-0.4, -0.2) is 54.4 Å². The van der Waals surface area contributed by atoms with Gasteiger partial charge in [-0.2, -0.15) is 0 Å². The van der Waals surface area contributed by atoms with Gasteiger partial charge in [0.05, 0.1) is 0 Å². The zero-order chi connectivity index (χ0) is 17.4. The van der Waals surface area contributed by atoms with Gasteiger partial charge in [0.2, 0.25) is 5.91 Å². The van der Waals surface area contributed by atoms with Crippen molar-refractivity contribution in [1.82, 2.24) is 9.80 Å². The highest BCUT2D eigenvalue weighted by Gasteiger charge is 2.25. The Balaban J connectivity index is 1.83. The van der Waals surface area contributed by atoms with Crippen LogP contribution in [-0.2, 0) is 9.59 Å². The summed E-state index contributed by atoms with van der Waals surface area (Å²) in [5, 5.41) is 0. The Morgan fingerprint density at radius 3 is 2.29 bits per heavy atom. The van der Waals surface area contributed by atoms with E-state index in [0.29, 0.717) is 25.4 Å². The molecule has 1 aromatic rings. The van der Waals surface area contributed by atoms with Crippen molar-refractivity contribution >= 4 is 11.8 Å². The Morgan fingerprint density at radius 2 is 1.62 bits per heavy atom. The summed E-state index contributed by atoms with van der Waals surface area (Å²) in [6.07, 6.45) is 2.57. The van der Waals surface area contributed by atoms with Crippen molar-refractivity contribution in [3.8, 4) is 5.75 Å². The van der Waals surface area contributed by atoms with Crippen LogP contribution in [0.2, 0.25) is 0 Å². The van der Waals surface area contributed by atoms with Crippen molar-refractivity contribution in [2.24, 2.45) is 5.92 Å². The third kappa shape index (κ3) is 4.98. The maximum atomic E-state index is 12.5. The minimum Gasteiger partial charge on any atom is -0.484 e. The molecular formula is C19H28N2O3. The molecule has 0 unspecified atom stereocenters. The van der Waals surface area contributed by atoms with E-state index in [1.165, 1.54) is 0 Å². The van der Waals surface area contributed by atoms with E-state index in [-0.39, 0.29) is 24.3 Å². The molecule has 2 amide bonds. The monoisotopic (exact) mass is 332 g/mol. The third-order valence-corrected chi connectivity index (χ3v) is 4.60. The standard InChI is InChI=1S/C19H28N2O3/c1-3-16(4-2)19(23)21-12-8-11-20(13-14-21)18(22)15-24-17-9-6-5-7-10-17/h5-7,9-10,16H,3-4,8,11-15H2,1-2H3. The summed E-state index contributed by atoms with van der Waals surface area (Å²) in [7, 11) is 0. The van der Waals surface area contributed by atoms with Crippen LogP contribution in [0.4, 0.5) is 0 Å². The number of amides is 2. The maximum absolute atomic E-state index is 12.5. The Labute approximate surface area is 144 Å². The van der Waals surface area contributed by atoms with Crippen LogP contribution in [0.25, 0.3) is 0 Å². The summed E-state index contributed by atoms with van der Waals surface area (Å²) in [5.74, 6) is 1.02. The zero-order valence-corrected chi connectivity index (χ0v) is 14.7. The number of carbonyl (C=O) groups is 2. The first-order chi connectivity index (χ1) is 11.7. The molecule has 5 nitrogen and oxygen atoms in total. The lowest BCUT2D eigenvalue weighted by molar-refractivity contribution is -0.137. The number of benzene rings is 1. The molecule has 1 saturated heterocycles. The zero-order valence-electron chi connectivity index (χ0n) is 14.7. The topological polar surface area (TPSA) is 49.9 Å². The summed E-state index contributed by atoms with van der Waals surface area (Å²) in [5.41, 5.74) is 0. The van der Waals surface area contributed by atoms with Crippen LogP contribution < -0.4 is 4.74 Å². The van der Waals surface area contributed by atoms with Crippen LogP contribution in [0.5, 0.6) is 5.75 Å². The molecule has 0 aromatic heterocycles. The van der Waals surface area contributed by atoms with E-state index in [9.17, 15) is 9.59 Å². The SMILES string of the molecule is CCC(CC)C(=O)N1CCCN(C(=O)COc2ccccc2)CC1. The van der Waals surface area contributed by atoms with Crippen molar-refractivity contribution in [1.29, 1.82) is 0 Å². The summed E-state index contributed by atoms with van der Waals surface area (Å²) in [6, 6.07) is 9.35. The number of hydrogen-bond donors (Lipinski definition) is 0. The van der Waals surface area contributed by atoms with Crippen LogP contribution in [0.1, 0.15) is 33.1 Å². The molecule has 5 heteroatoms. The van der Waals surface area contributed by atoms with Gasteiger partial charge < -0.3 is 14.5 Å². The van der Waals surface area contributed by atoms with Gasteiger partial charge in [-0.15, -0.1) is 0 Å². The predicted molar refractivity (Wildman–Crippen MR) is 93.8 cm³/mol. The van der Waals surface area contributed by atoms with Gasteiger partial charge in [0.25, 0.3) is 5.91 Å². The fourth-order valence-corrected chi connectivity index (χ4v) is 3.04. The second-order valence-electron chi connectivity index (χ2n) is 6.17. The number of nitrogens with zero attached hydrogens (tertiary/aromatic N) is 2. The highest BCUT2D eigenvalue weighted by atomic mass is 16.5. The van der Waals surface area contributed by atoms with Crippen molar-refractivity contribution in [3.63, 3.8) is 0 Å². The Morgan fingerprint density at radius 1 is 1.00 bits per heavy atom. The quantitative estimate of drug-likeness (QED) is 0.804. The van der Waals surface area contributed by atoms with Gasteiger partial charge in [0.1, 0.15) is 5.75 Å². The molecule has 0 N–H and O–H groups in total. The molecular weight excluding hydrogens is 304 g/mol. The maximum Gasteiger partial charge on any atom is 0.260 e. The third-order valence-electron chi connectivity index (χ3n) is 4.60. The summed E-state index contributed by atoms with van der Waals surface area (Å²) < 4.78 is 5.54. The first kappa shape index (κ1) is 18.3. The van der Waals surface area contributed by atoms with Crippen molar-refractivity contribution in [2.45, 2.75) is 33.1 Å². The molecule has 0 aliphatic carbocycles. The molecule has 1 heterocycles. The molecule has 1 aromatic carbocycles. The van der Waals surface area contributed by atoms with Crippen molar-refractivity contribution < 1.29 is 14.3 Å². The van der Waals surface area contributed by atoms with Crippen LogP contribution in [0, 0.1) is 5.92 Å². The largest absolute Gasteiger partial charge is 0.484 e. The Bertz CT molecular complexity index is 529. The highest BCUT2D eigenvalue weighted by molar-refractivity contribution is 5.80. The molecule has 1 fully saturated rings. The molecule has 24 heavy (non-hydrogen) atoms. The number of rotatable bonds is 6. The van der Waals surface area contributed by atoms with E-state index in [1.807, 2.05) is 40.1 Å². The molecule has 0 radical (unpaired) electrons. The Hall–Kier alpha value is -2.04. The van der Waals surface area contributed by atoms with E-state index in [1.54, 1.807) is 0 Å². The lowest BCUT2D eigenvalue weighted by Gasteiger charge is -2.25. The highest BCUT2D eigenvalue weighted by Crippen LogP contribution is 2.14. The minimum absolute atomic E-state index is 0.0179. The summed E-state index contributed by atoms with van der Waals surface area (Å²) in [6.45, 7) is 6.78. The summed E-state index contributed by atoms with van der Waals surface area (Å²) in [4.78, 5) is 28.6. The normalized spacial score (nSPS) is 15.3. The van der Waals surface area contributed by atoms with Crippen LogP contribution >= 0.6 is 0 Å². The van der Waals surface area contributed by atoms with Crippen molar-refractivity contribution in [2.75, 3.05) is 32.8 Å². The second kappa shape index (κ2) is 9.30. The molecule has 1 aliphatic rings. The van der Waals surface area contributed by atoms with Gasteiger partial charge in [0, 0.05) is 32.1 Å². The van der Waals surface area contributed by atoms with Crippen molar-refractivity contribution in [3.05, 3.63) is 30.3 Å². The number of para-hydroxylation sites is 1. The average Bonchev–Trinajstić information content (AvgIpc) is 2.87. The van der Waals surface area contributed by atoms with Gasteiger partial charge >= 0.3 is 0 Å². The average molecular weight is 332 g/mol. The van der Waals surface area contributed by atoms with E-state index < -0.39 is 0 Å². The lowest BCUT2D eigenvalue weighted by Crippen LogP contribution is -2.40. The molecule has 2 rings (SSSR count). The fraction of sp³-hybridized carbons (Fsp3) is 0.579. The molecule has 1 aliphatic heterocycles. The molecule has 0 bridgehead atoms. The predicted octanol–water partition coefficient (Wildman–Crippen LogP) is 2.56. The van der Waals surface area contributed by atoms with E-state index in [0.717, 1.165) is 25.8 Å². The second-order valence-corrected chi connectivity index (χ2v) is 6.17. The number of carbonyl (C=O) groups excluding carboxylic acids is 2. The van der Waals surface area contributed by atoms with Gasteiger partial charge in [0.15, 0.2) is 6.61 Å². The minimum atomic E-state index is -0.0179. The molecule has 0 spiro atoms. The molecule has 0 saturated carbocycles. The molecule has 132 valence electrons. The van der Waals surface area contributed by atoms with Crippen LogP contribution in [0.15, 0.2) is 30.3 Å².